The maximum Gasteiger partial charge on any atom is 0.290 e. The molecule has 0 saturated heterocycles. The van der Waals surface area contributed by atoms with Crippen molar-refractivity contribution in [3.63, 3.8) is 0 Å². The molecule has 0 spiro atoms. The van der Waals surface area contributed by atoms with E-state index in [0.29, 0.717) is 22.9 Å². The van der Waals surface area contributed by atoms with Gasteiger partial charge in [0.05, 0.1) is 27.4 Å². The number of aryl methyl sites for hydroxylation is 2. The van der Waals surface area contributed by atoms with Crippen molar-refractivity contribution in [1.29, 1.82) is 0 Å². The minimum atomic E-state index is -0.733. The third-order valence-electron chi connectivity index (χ3n) is 5.24. The average Bonchev–Trinajstić information content (AvgIpc) is 3.39. The lowest BCUT2D eigenvalue weighted by Crippen LogP contribution is -2.34. The SMILES string of the molecule is CCN(CC)CCCN1C(=O)C(O)=C(C(=O)c2sc(C)nc2C)[C@@H]1c1ccco1. The molecule has 0 fully saturated rings. The van der Waals surface area contributed by atoms with E-state index >= 15 is 0 Å². The van der Waals surface area contributed by atoms with E-state index in [0.717, 1.165) is 31.1 Å². The molecule has 0 saturated carbocycles. The van der Waals surface area contributed by atoms with Gasteiger partial charge in [-0.05, 0) is 52.0 Å². The Morgan fingerprint density at radius 1 is 1.34 bits per heavy atom. The molecule has 1 amide bonds. The summed E-state index contributed by atoms with van der Waals surface area (Å²) in [5, 5.41) is 11.4. The number of hydrogen-bond donors (Lipinski definition) is 1. The van der Waals surface area contributed by atoms with E-state index in [1.807, 2.05) is 6.92 Å². The molecule has 3 heterocycles. The summed E-state index contributed by atoms with van der Waals surface area (Å²) in [5.74, 6) is -0.933. The Morgan fingerprint density at radius 2 is 2.07 bits per heavy atom. The summed E-state index contributed by atoms with van der Waals surface area (Å²) in [7, 11) is 0. The van der Waals surface area contributed by atoms with Gasteiger partial charge in [-0.15, -0.1) is 11.3 Å². The van der Waals surface area contributed by atoms with Gasteiger partial charge in [0.1, 0.15) is 11.8 Å². The molecule has 0 radical (unpaired) electrons. The molecule has 7 nitrogen and oxygen atoms in total. The lowest BCUT2D eigenvalue weighted by molar-refractivity contribution is -0.129. The molecule has 0 aliphatic carbocycles. The van der Waals surface area contributed by atoms with Crippen LogP contribution in [0, 0.1) is 13.8 Å². The monoisotopic (exact) mass is 417 g/mol. The van der Waals surface area contributed by atoms with Crippen molar-refractivity contribution in [1.82, 2.24) is 14.8 Å². The number of aliphatic hydroxyl groups excluding tert-OH is 1. The summed E-state index contributed by atoms with van der Waals surface area (Å²) in [6, 6.07) is 2.71. The number of rotatable bonds is 9. The minimum Gasteiger partial charge on any atom is -0.503 e. The van der Waals surface area contributed by atoms with Crippen LogP contribution in [-0.4, -0.2) is 57.8 Å². The van der Waals surface area contributed by atoms with E-state index in [1.54, 1.807) is 19.1 Å². The molecule has 156 valence electrons. The molecule has 29 heavy (non-hydrogen) atoms. The zero-order chi connectivity index (χ0) is 21.1. The first-order valence-electron chi connectivity index (χ1n) is 9.87. The van der Waals surface area contributed by atoms with Gasteiger partial charge in [-0.25, -0.2) is 4.98 Å². The molecule has 3 rings (SSSR count). The summed E-state index contributed by atoms with van der Waals surface area (Å²) < 4.78 is 5.55. The van der Waals surface area contributed by atoms with E-state index < -0.39 is 17.7 Å². The number of nitrogens with zero attached hydrogens (tertiary/aromatic N) is 3. The fourth-order valence-corrected chi connectivity index (χ4v) is 4.60. The first kappa shape index (κ1) is 21.3. The standard InChI is InChI=1S/C21H27N3O4S/c1-5-23(6-2)10-8-11-24-17(15-9-7-12-28-15)16(19(26)21(24)27)18(25)20-13(3)22-14(4)29-20/h7,9,12,17,26H,5-6,8,10-11H2,1-4H3/t17-/m0/s1. The van der Waals surface area contributed by atoms with Crippen LogP contribution < -0.4 is 0 Å². The molecular formula is C21H27N3O4S. The molecule has 1 aliphatic heterocycles. The van der Waals surface area contributed by atoms with Crippen LogP contribution in [0.2, 0.25) is 0 Å². The maximum atomic E-state index is 13.3. The Bertz CT molecular complexity index is 913. The quantitative estimate of drug-likeness (QED) is 0.627. The number of amides is 1. The number of carbonyl (C=O) groups is 2. The summed E-state index contributed by atoms with van der Waals surface area (Å²) in [4.78, 5) is 34.7. The Morgan fingerprint density at radius 3 is 2.62 bits per heavy atom. The predicted molar refractivity (Wildman–Crippen MR) is 111 cm³/mol. The van der Waals surface area contributed by atoms with Crippen LogP contribution in [0.3, 0.4) is 0 Å². The summed E-state index contributed by atoms with van der Waals surface area (Å²) in [5.41, 5.74) is 0.669. The lowest BCUT2D eigenvalue weighted by atomic mass is 9.99. The molecule has 1 aliphatic rings. The number of hydrogen-bond acceptors (Lipinski definition) is 7. The summed E-state index contributed by atoms with van der Waals surface area (Å²) in [6.07, 6.45) is 2.24. The van der Waals surface area contributed by atoms with Crippen molar-refractivity contribution in [2.24, 2.45) is 0 Å². The average molecular weight is 418 g/mol. The van der Waals surface area contributed by atoms with Crippen LogP contribution in [0.4, 0.5) is 0 Å². The van der Waals surface area contributed by atoms with Crippen molar-refractivity contribution in [3.8, 4) is 0 Å². The van der Waals surface area contributed by atoms with Gasteiger partial charge in [0.2, 0.25) is 5.78 Å². The maximum absolute atomic E-state index is 13.3. The second kappa shape index (κ2) is 8.92. The molecule has 2 aromatic heterocycles. The van der Waals surface area contributed by atoms with Crippen LogP contribution in [0.25, 0.3) is 0 Å². The van der Waals surface area contributed by atoms with Crippen LogP contribution in [0.5, 0.6) is 0 Å². The van der Waals surface area contributed by atoms with Crippen molar-refractivity contribution in [2.45, 2.75) is 40.2 Å². The largest absolute Gasteiger partial charge is 0.503 e. The number of aliphatic hydroxyl groups is 1. The molecule has 1 atom stereocenters. The number of thiazole rings is 1. The number of carbonyl (C=O) groups excluding carboxylic acids is 2. The third-order valence-corrected chi connectivity index (χ3v) is 6.31. The Balaban J connectivity index is 1.91. The smallest absolute Gasteiger partial charge is 0.290 e. The number of aromatic nitrogens is 1. The highest BCUT2D eigenvalue weighted by Gasteiger charge is 2.45. The van der Waals surface area contributed by atoms with E-state index in [1.165, 1.54) is 22.5 Å². The van der Waals surface area contributed by atoms with Gasteiger partial charge in [-0.3, -0.25) is 9.59 Å². The van der Waals surface area contributed by atoms with Gasteiger partial charge < -0.3 is 19.3 Å². The van der Waals surface area contributed by atoms with Crippen LogP contribution in [0.15, 0.2) is 34.1 Å². The van der Waals surface area contributed by atoms with Gasteiger partial charge in [0.25, 0.3) is 5.91 Å². The van der Waals surface area contributed by atoms with Gasteiger partial charge in [0, 0.05) is 6.54 Å². The fourth-order valence-electron chi connectivity index (χ4n) is 3.73. The lowest BCUT2D eigenvalue weighted by Gasteiger charge is -2.26. The second-order valence-electron chi connectivity index (χ2n) is 7.04. The number of ketones is 1. The van der Waals surface area contributed by atoms with E-state index in [2.05, 4.69) is 23.7 Å². The highest BCUT2D eigenvalue weighted by atomic mass is 32.1. The Kier molecular flexibility index (Phi) is 6.54. The molecule has 0 aromatic carbocycles. The minimum absolute atomic E-state index is 0.0690. The first-order chi connectivity index (χ1) is 13.9. The summed E-state index contributed by atoms with van der Waals surface area (Å²) in [6.45, 7) is 10.9. The number of furan rings is 1. The highest BCUT2D eigenvalue weighted by Crippen LogP contribution is 2.40. The van der Waals surface area contributed by atoms with Crippen LogP contribution >= 0.6 is 11.3 Å². The van der Waals surface area contributed by atoms with E-state index in [-0.39, 0.29) is 11.4 Å². The Hall–Kier alpha value is -2.45. The van der Waals surface area contributed by atoms with E-state index in [4.69, 9.17) is 4.42 Å². The highest BCUT2D eigenvalue weighted by molar-refractivity contribution is 7.14. The molecule has 1 N–H and O–H groups in total. The third kappa shape index (κ3) is 4.13. The number of Topliss-reactive ketones (excluding diaryl/α,β-unsaturated/α-hetero) is 1. The Labute approximate surface area is 174 Å². The van der Waals surface area contributed by atoms with Crippen molar-refractivity contribution >= 4 is 23.0 Å². The fraction of sp³-hybridized carbons (Fsp3) is 0.476. The van der Waals surface area contributed by atoms with Gasteiger partial charge in [-0.1, -0.05) is 13.8 Å². The second-order valence-corrected chi connectivity index (χ2v) is 8.24. The van der Waals surface area contributed by atoms with Crippen molar-refractivity contribution < 1.29 is 19.1 Å². The molecule has 2 aromatic rings. The normalized spacial score (nSPS) is 17.1. The zero-order valence-corrected chi connectivity index (χ0v) is 18.1. The molecule has 0 unspecified atom stereocenters. The van der Waals surface area contributed by atoms with Crippen LogP contribution in [0.1, 0.15) is 52.4 Å². The topological polar surface area (TPSA) is 86.9 Å². The van der Waals surface area contributed by atoms with Crippen LogP contribution in [-0.2, 0) is 4.79 Å². The molecule has 0 bridgehead atoms. The predicted octanol–water partition coefficient (Wildman–Crippen LogP) is 3.66. The van der Waals surface area contributed by atoms with Gasteiger partial charge in [-0.2, -0.15) is 0 Å². The van der Waals surface area contributed by atoms with Gasteiger partial charge >= 0.3 is 0 Å². The van der Waals surface area contributed by atoms with E-state index in [9.17, 15) is 14.7 Å². The zero-order valence-electron chi connectivity index (χ0n) is 17.3. The summed E-state index contributed by atoms with van der Waals surface area (Å²) >= 11 is 1.27. The van der Waals surface area contributed by atoms with Crippen molar-refractivity contribution in [2.75, 3.05) is 26.2 Å². The van der Waals surface area contributed by atoms with Crippen molar-refractivity contribution in [3.05, 3.63) is 51.1 Å². The molecular weight excluding hydrogens is 390 g/mol. The molecule has 8 heteroatoms. The first-order valence-corrected chi connectivity index (χ1v) is 10.7. The van der Waals surface area contributed by atoms with Gasteiger partial charge in [0.15, 0.2) is 5.76 Å².